The number of aromatic nitrogens is 5. The summed E-state index contributed by atoms with van der Waals surface area (Å²) in [6.45, 7) is 1.54. The Labute approximate surface area is 195 Å². The van der Waals surface area contributed by atoms with Gasteiger partial charge in [-0.15, -0.1) is 0 Å². The van der Waals surface area contributed by atoms with Crippen molar-refractivity contribution in [3.63, 3.8) is 0 Å². The number of nitrogens with zero attached hydrogens (tertiary/aromatic N) is 5. The van der Waals surface area contributed by atoms with Crippen LogP contribution in [0.25, 0.3) is 33.4 Å². The third kappa shape index (κ3) is 4.23. The van der Waals surface area contributed by atoms with Crippen LogP contribution in [0, 0.1) is 12.7 Å². The maximum atomic E-state index is 13.4. The molecule has 34 heavy (non-hydrogen) atoms. The van der Waals surface area contributed by atoms with Gasteiger partial charge >= 0.3 is 0 Å². The molecule has 3 heterocycles. The first kappa shape index (κ1) is 21.7. The monoisotopic (exact) mass is 474 g/mol. The zero-order valence-corrected chi connectivity index (χ0v) is 19.1. The van der Waals surface area contributed by atoms with Crippen molar-refractivity contribution in [2.75, 3.05) is 4.72 Å². The Balaban J connectivity index is 1.48. The smallest absolute Gasteiger partial charge is 0.262 e. The molecule has 0 fully saturated rings. The number of aryl methyl sites for hydroxylation is 2. The molecular weight excluding hydrogens is 455 g/mol. The minimum Gasteiger partial charge on any atom is -0.278 e. The number of anilines is 1. The Morgan fingerprint density at radius 1 is 0.912 bits per heavy atom. The third-order valence-electron chi connectivity index (χ3n) is 5.29. The summed E-state index contributed by atoms with van der Waals surface area (Å²) in [6, 6.07) is 10.8. The maximum Gasteiger partial charge on any atom is 0.262 e. The summed E-state index contributed by atoms with van der Waals surface area (Å²) in [6.07, 6.45) is 8.35. The van der Waals surface area contributed by atoms with Crippen LogP contribution in [0.1, 0.15) is 5.56 Å². The molecule has 5 aromatic rings. The summed E-state index contributed by atoms with van der Waals surface area (Å²) in [5, 5.41) is 4.17. The van der Waals surface area contributed by atoms with Gasteiger partial charge in [0.1, 0.15) is 5.82 Å². The Hall–Kier alpha value is -4.18. The van der Waals surface area contributed by atoms with Crippen LogP contribution in [0.15, 0.2) is 78.3 Å². The van der Waals surface area contributed by atoms with Crippen LogP contribution in [0.3, 0.4) is 0 Å². The molecule has 0 amide bonds. The molecule has 0 aliphatic heterocycles. The SMILES string of the molecule is Cc1cc(F)ccc1S(=O)(=O)Nc1cncc(-c2ccc3ncc(-c4cnn(C)c4)nc3c2)c1. The second kappa shape index (κ2) is 8.31. The molecule has 5 rings (SSSR count). The van der Waals surface area contributed by atoms with Crippen LogP contribution in [-0.2, 0) is 17.1 Å². The van der Waals surface area contributed by atoms with Gasteiger partial charge in [0.15, 0.2) is 0 Å². The van der Waals surface area contributed by atoms with E-state index in [1.807, 2.05) is 31.4 Å². The highest BCUT2D eigenvalue weighted by atomic mass is 32.2. The number of fused-ring (bicyclic) bond motifs is 1. The normalized spacial score (nSPS) is 11.6. The van der Waals surface area contributed by atoms with E-state index in [0.29, 0.717) is 22.3 Å². The number of nitrogens with one attached hydrogen (secondary N) is 1. The highest BCUT2D eigenvalue weighted by Gasteiger charge is 2.18. The number of rotatable bonds is 5. The fraction of sp³-hybridized carbons (Fsp3) is 0.0833. The molecule has 0 radical (unpaired) electrons. The van der Waals surface area contributed by atoms with Gasteiger partial charge in [-0.05, 0) is 54.4 Å². The van der Waals surface area contributed by atoms with E-state index in [1.54, 1.807) is 36.3 Å². The molecule has 2 aromatic carbocycles. The van der Waals surface area contributed by atoms with Gasteiger partial charge in [-0.2, -0.15) is 5.10 Å². The van der Waals surface area contributed by atoms with E-state index in [4.69, 9.17) is 4.98 Å². The van der Waals surface area contributed by atoms with Crippen molar-refractivity contribution in [1.29, 1.82) is 0 Å². The van der Waals surface area contributed by atoms with Gasteiger partial charge in [0, 0.05) is 30.6 Å². The predicted octanol–water partition coefficient (Wildman–Crippen LogP) is 4.34. The summed E-state index contributed by atoms with van der Waals surface area (Å²) < 4.78 is 43.3. The average Bonchev–Trinajstić information content (AvgIpc) is 3.24. The highest BCUT2D eigenvalue weighted by molar-refractivity contribution is 7.92. The van der Waals surface area contributed by atoms with Gasteiger partial charge in [-0.3, -0.25) is 19.4 Å². The number of sulfonamides is 1. The molecule has 0 unspecified atom stereocenters. The first-order valence-corrected chi connectivity index (χ1v) is 11.8. The van der Waals surface area contributed by atoms with Gasteiger partial charge < -0.3 is 0 Å². The Kier molecular flexibility index (Phi) is 5.29. The van der Waals surface area contributed by atoms with E-state index in [0.717, 1.165) is 22.7 Å². The molecule has 0 aliphatic rings. The summed E-state index contributed by atoms with van der Waals surface area (Å²) in [5.74, 6) is -0.494. The lowest BCUT2D eigenvalue weighted by atomic mass is 10.1. The lowest BCUT2D eigenvalue weighted by molar-refractivity contribution is 0.598. The van der Waals surface area contributed by atoms with Gasteiger partial charge in [-0.1, -0.05) is 6.07 Å². The molecule has 0 atom stereocenters. The second-order valence-corrected chi connectivity index (χ2v) is 9.49. The molecular formula is C24H19FN6O2S. The Morgan fingerprint density at radius 3 is 2.53 bits per heavy atom. The molecule has 1 N–H and O–H groups in total. The van der Waals surface area contributed by atoms with Crippen LogP contribution in [0.2, 0.25) is 0 Å². The van der Waals surface area contributed by atoms with E-state index < -0.39 is 15.8 Å². The zero-order valence-electron chi connectivity index (χ0n) is 18.3. The summed E-state index contributed by atoms with van der Waals surface area (Å²) >= 11 is 0. The lowest BCUT2D eigenvalue weighted by Crippen LogP contribution is -2.14. The maximum absolute atomic E-state index is 13.4. The van der Waals surface area contributed by atoms with Crippen LogP contribution < -0.4 is 4.72 Å². The Morgan fingerprint density at radius 2 is 1.76 bits per heavy atom. The van der Waals surface area contributed by atoms with Crippen molar-refractivity contribution in [2.45, 2.75) is 11.8 Å². The number of hydrogen-bond acceptors (Lipinski definition) is 6. The average molecular weight is 475 g/mol. The van der Waals surface area contributed by atoms with Crippen molar-refractivity contribution in [2.24, 2.45) is 7.05 Å². The lowest BCUT2D eigenvalue weighted by Gasteiger charge is -2.11. The molecule has 0 spiro atoms. The van der Waals surface area contributed by atoms with Gasteiger partial charge in [0.05, 0.1) is 45.9 Å². The summed E-state index contributed by atoms with van der Waals surface area (Å²) in [4.78, 5) is 13.4. The van der Waals surface area contributed by atoms with Gasteiger partial charge in [0.25, 0.3) is 10.0 Å². The van der Waals surface area contributed by atoms with Crippen LogP contribution in [0.4, 0.5) is 10.1 Å². The molecule has 0 aliphatic carbocycles. The highest BCUT2D eigenvalue weighted by Crippen LogP contribution is 2.27. The minimum atomic E-state index is -3.92. The number of benzene rings is 2. The molecule has 0 bridgehead atoms. The van der Waals surface area contributed by atoms with Crippen LogP contribution in [0.5, 0.6) is 0 Å². The zero-order chi connectivity index (χ0) is 23.9. The number of hydrogen-bond donors (Lipinski definition) is 1. The predicted molar refractivity (Wildman–Crippen MR) is 127 cm³/mol. The van der Waals surface area contributed by atoms with Crippen molar-refractivity contribution in [3.05, 3.63) is 84.8 Å². The molecule has 10 heteroatoms. The molecule has 0 saturated carbocycles. The van der Waals surface area contributed by atoms with Gasteiger partial charge in [0.2, 0.25) is 0 Å². The number of pyridine rings is 1. The van der Waals surface area contributed by atoms with Crippen LogP contribution in [-0.4, -0.2) is 33.2 Å². The fourth-order valence-electron chi connectivity index (χ4n) is 3.66. The first-order valence-electron chi connectivity index (χ1n) is 10.3. The van der Waals surface area contributed by atoms with Crippen LogP contribution >= 0.6 is 0 Å². The van der Waals surface area contributed by atoms with E-state index in [9.17, 15) is 12.8 Å². The topological polar surface area (TPSA) is 103 Å². The second-order valence-electron chi connectivity index (χ2n) is 7.84. The van der Waals surface area contributed by atoms with E-state index in [-0.39, 0.29) is 10.6 Å². The summed E-state index contributed by atoms with van der Waals surface area (Å²) in [5.41, 5.74) is 5.08. The largest absolute Gasteiger partial charge is 0.278 e. The molecule has 3 aromatic heterocycles. The van der Waals surface area contributed by atoms with Gasteiger partial charge in [-0.25, -0.2) is 17.8 Å². The van der Waals surface area contributed by atoms with Crippen molar-refractivity contribution >= 4 is 26.7 Å². The Bertz CT molecular complexity index is 1650. The molecule has 8 nitrogen and oxygen atoms in total. The third-order valence-corrected chi connectivity index (χ3v) is 6.83. The van der Waals surface area contributed by atoms with Crippen molar-refractivity contribution < 1.29 is 12.8 Å². The fourth-order valence-corrected chi connectivity index (χ4v) is 4.92. The quantitative estimate of drug-likeness (QED) is 0.407. The first-order chi connectivity index (χ1) is 16.3. The minimum absolute atomic E-state index is 0.00298. The molecule has 170 valence electrons. The van der Waals surface area contributed by atoms with E-state index >= 15 is 0 Å². The number of halogens is 1. The molecule has 0 saturated heterocycles. The van der Waals surface area contributed by atoms with Crippen molar-refractivity contribution in [3.8, 4) is 22.4 Å². The van der Waals surface area contributed by atoms with Crippen molar-refractivity contribution in [1.82, 2.24) is 24.7 Å². The standard InChI is InChI=1S/C24H19FN6O2S/c1-15-7-19(25)4-6-24(15)34(32,33)30-20-8-17(10-26-12-20)16-3-5-21-22(9-16)29-23(13-27-21)18-11-28-31(2)14-18/h3-14,30H,1-2H3. The van der Waals surface area contributed by atoms with E-state index in [2.05, 4.69) is 19.8 Å². The summed E-state index contributed by atoms with van der Waals surface area (Å²) in [7, 11) is -2.08. The van der Waals surface area contributed by atoms with E-state index in [1.165, 1.54) is 18.3 Å².